The highest BCUT2D eigenvalue weighted by atomic mass is 16.3. The van der Waals surface area contributed by atoms with Crippen molar-refractivity contribution in [1.29, 1.82) is 0 Å². The monoisotopic (exact) mass is 157 g/mol. The van der Waals surface area contributed by atoms with E-state index in [1.807, 2.05) is 0 Å². The van der Waals surface area contributed by atoms with E-state index in [4.69, 9.17) is 10.6 Å². The van der Waals surface area contributed by atoms with Gasteiger partial charge >= 0.3 is 12.1 Å². The van der Waals surface area contributed by atoms with Gasteiger partial charge in [-0.15, -0.1) is 0 Å². The fourth-order valence-electron chi connectivity index (χ4n) is 0.676. The molecule has 0 saturated carbocycles. The molecule has 1 amide bonds. The number of rotatable bonds is 4. The first kappa shape index (κ1) is 9.81. The number of amides is 1. The van der Waals surface area contributed by atoms with E-state index in [1.54, 1.807) is 6.92 Å². The summed E-state index contributed by atoms with van der Waals surface area (Å²) < 4.78 is 0. The van der Waals surface area contributed by atoms with E-state index in [0.29, 0.717) is 6.54 Å². The van der Waals surface area contributed by atoms with Crippen LogP contribution in [0, 0.1) is 0 Å². The van der Waals surface area contributed by atoms with Crippen LogP contribution >= 0.6 is 0 Å². The molecule has 0 saturated heterocycles. The Kier molecular flexibility index (Phi) is 4.98. The average Bonchev–Trinajstić information content (AvgIpc) is 2.00. The number of aliphatic hydroxyl groups excluding tert-OH is 1. The van der Waals surface area contributed by atoms with Crippen LogP contribution in [0.4, 0.5) is 0 Å². The Balaban J connectivity index is 4.01. The summed E-state index contributed by atoms with van der Waals surface area (Å²) in [7, 11) is 0. The molecule has 5 heteroatoms. The molecule has 0 heterocycles. The first-order valence-corrected chi connectivity index (χ1v) is 3.33. The third-order valence-electron chi connectivity index (χ3n) is 1.23. The third kappa shape index (κ3) is 3.50. The Morgan fingerprint density at radius 3 is 2.82 bits per heavy atom. The van der Waals surface area contributed by atoms with Crippen LogP contribution in [0.2, 0.25) is 0 Å². The molecule has 0 spiro atoms. The molecule has 0 aromatic rings. The van der Waals surface area contributed by atoms with Gasteiger partial charge in [-0.05, 0) is 6.92 Å². The molecule has 1 N–H and O–H groups in total. The summed E-state index contributed by atoms with van der Waals surface area (Å²) in [6.45, 7) is 2.45. The van der Waals surface area contributed by atoms with Crippen LogP contribution in [0.5, 0.6) is 0 Å². The van der Waals surface area contributed by atoms with Crippen LogP contribution in [0.1, 0.15) is 6.92 Å². The highest BCUT2D eigenvalue weighted by Gasteiger charge is 2.10. The van der Waals surface area contributed by atoms with Crippen LogP contribution in [0.3, 0.4) is 0 Å². The van der Waals surface area contributed by atoms with E-state index < -0.39 is 5.91 Å². The fourth-order valence-corrected chi connectivity index (χ4v) is 0.676. The number of likely N-dealkylation sites (N-methyl/N-ethyl adjacent to an activating group) is 1. The lowest BCUT2D eigenvalue weighted by atomic mass is 10.4. The van der Waals surface area contributed by atoms with Crippen molar-refractivity contribution in [2.45, 2.75) is 6.92 Å². The molecule has 0 aliphatic carbocycles. The number of aliphatic hydroxyl groups is 1. The summed E-state index contributed by atoms with van der Waals surface area (Å²) in [4.78, 5) is 14.8. The van der Waals surface area contributed by atoms with E-state index in [1.165, 1.54) is 4.90 Å². The molecule has 0 aliphatic heterocycles. The minimum atomic E-state index is -0.399. The number of hydrogen-bond donors (Lipinski definition) is 1. The van der Waals surface area contributed by atoms with Crippen LogP contribution in [0.15, 0.2) is 0 Å². The lowest BCUT2D eigenvalue weighted by molar-refractivity contribution is -0.127. The van der Waals surface area contributed by atoms with Crippen molar-refractivity contribution in [3.05, 3.63) is 5.53 Å². The normalized spacial score (nSPS) is 8.55. The Morgan fingerprint density at radius 1 is 1.82 bits per heavy atom. The molecular formula is C6H11N3O2. The van der Waals surface area contributed by atoms with Crippen molar-refractivity contribution in [2.24, 2.45) is 0 Å². The topological polar surface area (TPSA) is 76.9 Å². The zero-order valence-corrected chi connectivity index (χ0v) is 6.40. The number of hydrogen-bond acceptors (Lipinski definition) is 2. The van der Waals surface area contributed by atoms with Gasteiger partial charge in [-0.1, -0.05) is 0 Å². The summed E-state index contributed by atoms with van der Waals surface area (Å²) >= 11 is 0. The van der Waals surface area contributed by atoms with Gasteiger partial charge < -0.3 is 15.5 Å². The van der Waals surface area contributed by atoms with Crippen molar-refractivity contribution in [1.82, 2.24) is 4.90 Å². The molecule has 0 aromatic heterocycles. The van der Waals surface area contributed by atoms with Crippen LogP contribution in [-0.2, 0) is 4.79 Å². The van der Waals surface area contributed by atoms with Gasteiger partial charge in [-0.25, -0.2) is 0 Å². The maximum Gasteiger partial charge on any atom is 0.344 e. The first-order chi connectivity index (χ1) is 5.26. The largest absolute Gasteiger partial charge is 0.395 e. The second-order valence-electron chi connectivity index (χ2n) is 1.89. The molecule has 0 atom stereocenters. The molecule has 5 nitrogen and oxygen atoms in total. The Morgan fingerprint density at radius 2 is 2.45 bits per heavy atom. The van der Waals surface area contributed by atoms with Gasteiger partial charge in [0.1, 0.15) is 0 Å². The molecule has 11 heavy (non-hydrogen) atoms. The first-order valence-electron chi connectivity index (χ1n) is 3.33. The Bertz CT molecular complexity index is 175. The van der Waals surface area contributed by atoms with E-state index in [2.05, 4.69) is 4.79 Å². The van der Waals surface area contributed by atoms with E-state index in [-0.39, 0.29) is 13.2 Å². The molecule has 0 fully saturated rings. The molecule has 0 radical (unpaired) electrons. The number of carbonyl (C=O) groups is 1. The number of carbonyl (C=O) groups excluding carboxylic acids is 1. The van der Waals surface area contributed by atoms with Crippen molar-refractivity contribution in [3.8, 4) is 0 Å². The SMILES string of the molecule is CCN(CCO)C(=O)C=[N+]=[N-]. The van der Waals surface area contributed by atoms with Crippen molar-refractivity contribution in [3.63, 3.8) is 0 Å². The highest BCUT2D eigenvalue weighted by Crippen LogP contribution is 1.84. The standard InChI is InChI=1S/C6H11N3O2/c1-2-9(3-4-10)6(11)5-8-7/h5,10H,2-4H2,1H3. The van der Waals surface area contributed by atoms with E-state index in [0.717, 1.165) is 6.21 Å². The molecule has 0 rings (SSSR count). The zero-order valence-electron chi connectivity index (χ0n) is 6.40. The number of nitrogens with zero attached hydrogens (tertiary/aromatic N) is 3. The molecule has 0 aliphatic rings. The van der Waals surface area contributed by atoms with Crippen LogP contribution < -0.4 is 0 Å². The van der Waals surface area contributed by atoms with Gasteiger partial charge in [0.15, 0.2) is 0 Å². The smallest absolute Gasteiger partial charge is 0.344 e. The van der Waals surface area contributed by atoms with Gasteiger partial charge in [0.25, 0.3) is 0 Å². The molecule has 62 valence electrons. The Labute approximate surface area is 64.9 Å². The van der Waals surface area contributed by atoms with E-state index in [9.17, 15) is 4.79 Å². The molecule has 0 aromatic carbocycles. The predicted octanol–water partition coefficient (Wildman–Crippen LogP) is -0.872. The summed E-state index contributed by atoms with van der Waals surface area (Å²) in [6.07, 6.45) is 0.805. The zero-order chi connectivity index (χ0) is 8.69. The second-order valence-corrected chi connectivity index (χ2v) is 1.89. The van der Waals surface area contributed by atoms with Crippen LogP contribution in [-0.4, -0.2) is 46.6 Å². The maximum absolute atomic E-state index is 10.9. The third-order valence-corrected chi connectivity index (χ3v) is 1.23. The van der Waals surface area contributed by atoms with E-state index >= 15 is 0 Å². The van der Waals surface area contributed by atoms with Gasteiger partial charge in [-0.3, -0.25) is 4.79 Å². The minimum Gasteiger partial charge on any atom is -0.395 e. The second kappa shape index (κ2) is 5.58. The maximum atomic E-state index is 10.9. The van der Waals surface area contributed by atoms with Gasteiger partial charge in [0.05, 0.1) is 6.61 Å². The van der Waals surface area contributed by atoms with Gasteiger partial charge in [0.2, 0.25) is 0 Å². The van der Waals surface area contributed by atoms with Gasteiger partial charge in [0, 0.05) is 13.1 Å². The molecular weight excluding hydrogens is 146 g/mol. The highest BCUT2D eigenvalue weighted by molar-refractivity contribution is 6.23. The van der Waals surface area contributed by atoms with Crippen molar-refractivity contribution < 1.29 is 14.7 Å². The minimum absolute atomic E-state index is 0.0845. The average molecular weight is 157 g/mol. The summed E-state index contributed by atoms with van der Waals surface area (Å²) in [5.41, 5.74) is 8.01. The van der Waals surface area contributed by atoms with Crippen LogP contribution in [0.25, 0.3) is 5.53 Å². The van der Waals surface area contributed by atoms with Gasteiger partial charge in [-0.2, -0.15) is 4.79 Å². The lowest BCUT2D eigenvalue weighted by Crippen LogP contribution is -2.34. The van der Waals surface area contributed by atoms with Crippen molar-refractivity contribution in [2.75, 3.05) is 19.7 Å². The van der Waals surface area contributed by atoms with Crippen molar-refractivity contribution >= 4 is 12.1 Å². The predicted molar refractivity (Wildman–Crippen MR) is 39.0 cm³/mol. The summed E-state index contributed by atoms with van der Waals surface area (Å²) in [6, 6.07) is 0. The Hall–Kier alpha value is -1.19. The fraction of sp³-hybridized carbons (Fsp3) is 0.667. The quantitative estimate of drug-likeness (QED) is 0.327. The summed E-state index contributed by atoms with van der Waals surface area (Å²) in [5, 5.41) is 8.48. The molecule has 0 bridgehead atoms. The lowest BCUT2D eigenvalue weighted by Gasteiger charge is -2.14. The molecule has 0 unspecified atom stereocenters. The summed E-state index contributed by atoms with van der Waals surface area (Å²) in [5.74, 6) is -0.399.